The minimum Gasteiger partial charge on any atom is -0.449 e. The molecular formula is C25H25ClN3O7P. The number of hydrogen-bond acceptors (Lipinski definition) is 8. The predicted molar refractivity (Wildman–Crippen MR) is 138 cm³/mol. The van der Waals surface area contributed by atoms with Gasteiger partial charge in [0.05, 0.1) is 42.7 Å². The number of ketones is 1. The van der Waals surface area contributed by atoms with Crippen molar-refractivity contribution in [2.75, 3.05) is 31.3 Å². The van der Waals surface area contributed by atoms with E-state index >= 15 is 0 Å². The van der Waals surface area contributed by atoms with Crippen molar-refractivity contribution in [2.24, 2.45) is 0 Å². The van der Waals surface area contributed by atoms with E-state index in [1.54, 1.807) is 20.8 Å². The zero-order valence-electron chi connectivity index (χ0n) is 20.4. The number of amides is 1. The van der Waals surface area contributed by atoms with Gasteiger partial charge in [0.2, 0.25) is 11.7 Å². The minimum atomic E-state index is -3.77. The monoisotopic (exact) mass is 545 g/mol. The molecule has 0 aliphatic carbocycles. The minimum absolute atomic E-state index is 0.0250. The first-order chi connectivity index (χ1) is 17.7. The Labute approximate surface area is 218 Å². The largest absolute Gasteiger partial charge is 0.449 e. The number of rotatable bonds is 10. The van der Waals surface area contributed by atoms with Gasteiger partial charge in [0.15, 0.2) is 0 Å². The Balaban J connectivity index is 2.23. The molecular weight excluding hydrogens is 521 g/mol. The van der Waals surface area contributed by atoms with Crippen molar-refractivity contribution in [1.29, 1.82) is 5.26 Å². The summed E-state index contributed by atoms with van der Waals surface area (Å²) in [5, 5.41) is 12.4. The average molecular weight is 546 g/mol. The molecule has 0 atom stereocenters. The van der Waals surface area contributed by atoms with Gasteiger partial charge in [-0.25, -0.2) is 9.36 Å². The van der Waals surface area contributed by atoms with E-state index in [1.807, 2.05) is 6.07 Å². The number of hydrogen-bond donors (Lipinski definition) is 1. The Morgan fingerprint density at radius 3 is 2.38 bits per heavy atom. The molecule has 3 aromatic rings. The topological polar surface area (TPSA) is 137 Å². The second kappa shape index (κ2) is 12.2. The molecule has 0 saturated heterocycles. The van der Waals surface area contributed by atoms with Gasteiger partial charge in [-0.15, -0.1) is 0 Å². The quantitative estimate of drug-likeness (QED) is 0.256. The zero-order valence-corrected chi connectivity index (χ0v) is 22.1. The van der Waals surface area contributed by atoms with Gasteiger partial charge < -0.3 is 19.1 Å². The number of anilines is 1. The number of aromatic nitrogens is 1. The van der Waals surface area contributed by atoms with Crippen molar-refractivity contribution < 1.29 is 32.7 Å². The summed E-state index contributed by atoms with van der Waals surface area (Å²) in [7, 11) is -3.77. The second-order valence-electron chi connectivity index (χ2n) is 7.59. The molecule has 12 heteroatoms. The highest BCUT2D eigenvalue weighted by atomic mass is 35.5. The molecule has 10 nitrogen and oxygen atoms in total. The molecule has 0 radical (unpaired) electrons. The molecule has 1 N–H and O–H groups in total. The number of carbonyl (C=O) groups is 3. The van der Waals surface area contributed by atoms with Crippen LogP contribution in [0.15, 0.2) is 42.5 Å². The molecule has 194 valence electrons. The first kappa shape index (κ1) is 28.1. The maximum absolute atomic E-state index is 13.8. The summed E-state index contributed by atoms with van der Waals surface area (Å²) in [6.45, 7) is 4.98. The first-order valence-corrected chi connectivity index (χ1v) is 13.5. The van der Waals surface area contributed by atoms with Gasteiger partial charge in [0.1, 0.15) is 11.9 Å². The number of carbonyl (C=O) groups excluding carboxylic acids is 3. The third-order valence-electron chi connectivity index (χ3n) is 5.10. The highest BCUT2D eigenvalue weighted by molar-refractivity contribution is 7.54. The fraction of sp³-hybridized carbons (Fsp3) is 0.280. The molecule has 1 amide bonds. The maximum Gasteiger partial charge on any atom is 0.419 e. The molecule has 1 aromatic heterocycles. The summed E-state index contributed by atoms with van der Waals surface area (Å²) in [5.41, 5.74) is 0.316. The van der Waals surface area contributed by atoms with E-state index < -0.39 is 31.5 Å². The van der Waals surface area contributed by atoms with Gasteiger partial charge in [-0.3, -0.25) is 14.2 Å². The Kier molecular flexibility index (Phi) is 9.24. The van der Waals surface area contributed by atoms with E-state index in [2.05, 4.69) is 5.32 Å². The van der Waals surface area contributed by atoms with Crippen LogP contribution >= 0.6 is 19.2 Å². The molecule has 0 spiro atoms. The molecule has 0 unspecified atom stereocenters. The molecule has 0 aliphatic heterocycles. The van der Waals surface area contributed by atoms with Crippen LogP contribution in [0, 0.1) is 11.3 Å². The van der Waals surface area contributed by atoms with Crippen molar-refractivity contribution in [3.8, 4) is 6.07 Å². The SMILES string of the molecule is CCOC(=O)n1c(C(=O)c2cccc(C#N)c2)c(NC(=O)CP(=O)(OCC)OCC)c2cc(Cl)ccc21. The van der Waals surface area contributed by atoms with Crippen molar-refractivity contribution in [3.63, 3.8) is 0 Å². The van der Waals surface area contributed by atoms with Crippen molar-refractivity contribution in [1.82, 2.24) is 4.57 Å². The lowest BCUT2D eigenvalue weighted by Crippen LogP contribution is -2.23. The number of halogens is 1. The van der Waals surface area contributed by atoms with Crippen LogP contribution in [0.25, 0.3) is 10.9 Å². The number of fused-ring (bicyclic) bond motifs is 1. The summed E-state index contributed by atoms with van der Waals surface area (Å²) in [6.07, 6.45) is -1.48. The molecule has 0 saturated carbocycles. The van der Waals surface area contributed by atoms with Gasteiger partial charge in [0.25, 0.3) is 0 Å². The summed E-state index contributed by atoms with van der Waals surface area (Å²) in [6, 6.07) is 12.4. The van der Waals surface area contributed by atoms with Crippen molar-refractivity contribution in [2.45, 2.75) is 20.8 Å². The second-order valence-corrected chi connectivity index (χ2v) is 10.1. The van der Waals surface area contributed by atoms with E-state index in [-0.39, 0.29) is 58.3 Å². The Morgan fingerprint density at radius 1 is 1.05 bits per heavy atom. The van der Waals surface area contributed by atoms with Gasteiger partial charge in [-0.05, 0) is 51.1 Å². The molecule has 3 rings (SSSR count). The van der Waals surface area contributed by atoms with E-state index in [9.17, 15) is 24.2 Å². The van der Waals surface area contributed by atoms with Crippen LogP contribution in [-0.2, 0) is 23.1 Å². The van der Waals surface area contributed by atoms with Gasteiger partial charge in [0, 0.05) is 16.0 Å². The summed E-state index contributed by atoms with van der Waals surface area (Å²) >= 11 is 6.21. The van der Waals surface area contributed by atoms with Crippen molar-refractivity contribution >= 4 is 53.6 Å². The van der Waals surface area contributed by atoms with E-state index in [4.69, 9.17) is 25.4 Å². The summed E-state index contributed by atoms with van der Waals surface area (Å²) in [5.74, 6) is -1.43. The fourth-order valence-corrected chi connectivity index (χ4v) is 5.37. The smallest absolute Gasteiger partial charge is 0.419 e. The Hall–Kier alpha value is -3.48. The Morgan fingerprint density at radius 2 is 1.76 bits per heavy atom. The Bertz CT molecular complexity index is 1430. The number of benzene rings is 2. The number of nitrogens with zero attached hydrogens (tertiary/aromatic N) is 2. The van der Waals surface area contributed by atoms with Gasteiger partial charge >= 0.3 is 13.7 Å². The van der Waals surface area contributed by atoms with Crippen LogP contribution < -0.4 is 5.32 Å². The number of nitriles is 1. The van der Waals surface area contributed by atoms with Crippen LogP contribution in [0.5, 0.6) is 0 Å². The standard InChI is InChI=1S/C25H25ClN3O7P/c1-4-34-25(32)29-20-11-10-18(26)13-19(20)22(28-21(30)15-37(33,35-5-2)36-6-3)23(29)24(31)17-9-7-8-16(12-17)14-27/h7-13H,4-6,15H2,1-3H3,(H,28,30). The first-order valence-electron chi connectivity index (χ1n) is 11.4. The summed E-state index contributed by atoms with van der Waals surface area (Å²) < 4.78 is 29.6. The van der Waals surface area contributed by atoms with Gasteiger partial charge in [-0.2, -0.15) is 5.26 Å². The van der Waals surface area contributed by atoms with Crippen LogP contribution in [0.3, 0.4) is 0 Å². The lowest BCUT2D eigenvalue weighted by Gasteiger charge is -2.17. The normalized spacial score (nSPS) is 11.2. The van der Waals surface area contributed by atoms with Crippen LogP contribution in [0.2, 0.25) is 5.02 Å². The van der Waals surface area contributed by atoms with E-state index in [1.165, 1.54) is 42.5 Å². The van der Waals surface area contributed by atoms with E-state index in [0.29, 0.717) is 0 Å². The molecule has 1 heterocycles. The lowest BCUT2D eigenvalue weighted by molar-refractivity contribution is -0.114. The third kappa shape index (κ3) is 6.27. The highest BCUT2D eigenvalue weighted by Crippen LogP contribution is 2.48. The lowest BCUT2D eigenvalue weighted by atomic mass is 10.0. The zero-order chi connectivity index (χ0) is 27.2. The maximum atomic E-state index is 13.8. The van der Waals surface area contributed by atoms with Crippen LogP contribution in [-0.4, -0.2) is 48.3 Å². The molecule has 0 fully saturated rings. The highest BCUT2D eigenvalue weighted by Gasteiger charge is 2.32. The van der Waals surface area contributed by atoms with Crippen LogP contribution in [0.1, 0.15) is 42.4 Å². The molecule has 0 aliphatic rings. The predicted octanol–water partition coefficient (Wildman–Crippen LogP) is 5.61. The summed E-state index contributed by atoms with van der Waals surface area (Å²) in [4.78, 5) is 39.9. The third-order valence-corrected chi connectivity index (χ3v) is 7.31. The van der Waals surface area contributed by atoms with Crippen LogP contribution in [0.4, 0.5) is 10.5 Å². The van der Waals surface area contributed by atoms with Gasteiger partial charge in [-0.1, -0.05) is 23.7 Å². The molecule has 2 aromatic carbocycles. The average Bonchev–Trinajstić information content (AvgIpc) is 3.16. The fourth-order valence-electron chi connectivity index (χ4n) is 3.73. The number of nitrogens with one attached hydrogen (secondary N) is 1. The number of ether oxygens (including phenoxy) is 1. The van der Waals surface area contributed by atoms with Crippen molar-refractivity contribution in [3.05, 3.63) is 64.3 Å². The molecule has 37 heavy (non-hydrogen) atoms. The molecule has 0 bridgehead atoms. The van der Waals surface area contributed by atoms with E-state index in [0.717, 1.165) is 4.57 Å².